The van der Waals surface area contributed by atoms with Crippen LogP contribution in [0.25, 0.3) is 11.0 Å². The summed E-state index contributed by atoms with van der Waals surface area (Å²) in [6.07, 6.45) is 6.22. The molecule has 0 radical (unpaired) electrons. The standard InChI is InChI=1S/C22H29N3O3/c1-15(2)28-21(27)14-25-19-11-7-6-10-18(19)23-22(25)16-12-20(26)24(13-16)17-8-4-3-5-9-17/h6-7,10-11,15-17H,3-5,8-9,12-14H2,1-2H3. The number of ether oxygens (including phenoxy) is 1. The Kier molecular flexibility index (Phi) is 5.38. The Balaban J connectivity index is 1.61. The second-order valence-electron chi connectivity index (χ2n) is 8.32. The van der Waals surface area contributed by atoms with Gasteiger partial charge in [0.1, 0.15) is 12.4 Å². The van der Waals surface area contributed by atoms with Crippen LogP contribution in [0.1, 0.15) is 64.1 Å². The zero-order valence-electron chi connectivity index (χ0n) is 16.8. The second kappa shape index (κ2) is 7.94. The molecule has 1 aliphatic carbocycles. The predicted octanol–water partition coefficient (Wildman–Crippen LogP) is 3.64. The quantitative estimate of drug-likeness (QED) is 0.740. The Hall–Kier alpha value is -2.37. The Morgan fingerprint density at radius 1 is 1.21 bits per heavy atom. The van der Waals surface area contributed by atoms with E-state index in [9.17, 15) is 9.59 Å². The van der Waals surface area contributed by atoms with Crippen molar-refractivity contribution in [3.63, 3.8) is 0 Å². The third-order valence-electron chi connectivity index (χ3n) is 5.88. The van der Waals surface area contributed by atoms with Gasteiger partial charge in [0.25, 0.3) is 0 Å². The molecule has 0 bridgehead atoms. The normalized spacial score (nSPS) is 21.0. The van der Waals surface area contributed by atoms with Gasteiger partial charge in [0.05, 0.1) is 17.1 Å². The van der Waals surface area contributed by atoms with E-state index in [-0.39, 0.29) is 30.4 Å². The number of carbonyl (C=O) groups is 2. The van der Waals surface area contributed by atoms with Crippen LogP contribution in [-0.4, -0.2) is 45.0 Å². The molecular formula is C22H29N3O3. The van der Waals surface area contributed by atoms with Crippen molar-refractivity contribution in [2.75, 3.05) is 6.54 Å². The van der Waals surface area contributed by atoms with Crippen molar-refractivity contribution in [3.8, 4) is 0 Å². The number of rotatable bonds is 5. The van der Waals surface area contributed by atoms with Gasteiger partial charge in [-0.3, -0.25) is 9.59 Å². The fraction of sp³-hybridized carbons (Fsp3) is 0.591. The Morgan fingerprint density at radius 3 is 2.71 bits per heavy atom. The van der Waals surface area contributed by atoms with E-state index in [0.717, 1.165) is 29.7 Å². The van der Waals surface area contributed by atoms with Crippen LogP contribution < -0.4 is 0 Å². The van der Waals surface area contributed by atoms with Gasteiger partial charge in [0, 0.05) is 24.9 Å². The largest absolute Gasteiger partial charge is 0.462 e. The molecule has 1 atom stereocenters. The molecule has 2 heterocycles. The van der Waals surface area contributed by atoms with E-state index >= 15 is 0 Å². The maximum absolute atomic E-state index is 12.7. The van der Waals surface area contributed by atoms with Crippen LogP contribution in [-0.2, 0) is 20.9 Å². The summed E-state index contributed by atoms with van der Waals surface area (Å²) in [5.74, 6) is 0.801. The zero-order valence-corrected chi connectivity index (χ0v) is 16.8. The fourth-order valence-electron chi connectivity index (χ4n) is 4.65. The van der Waals surface area contributed by atoms with Crippen LogP contribution in [0.4, 0.5) is 0 Å². The molecule has 4 rings (SSSR count). The average molecular weight is 383 g/mol. The maximum atomic E-state index is 12.7. The average Bonchev–Trinajstić information content (AvgIpc) is 3.23. The first-order valence-corrected chi connectivity index (χ1v) is 10.5. The molecule has 2 aliphatic rings. The second-order valence-corrected chi connectivity index (χ2v) is 8.32. The molecule has 1 saturated carbocycles. The number of esters is 1. The molecule has 6 heteroatoms. The third kappa shape index (κ3) is 3.77. The number of aromatic nitrogens is 2. The van der Waals surface area contributed by atoms with Gasteiger partial charge in [-0.25, -0.2) is 4.98 Å². The highest BCUT2D eigenvalue weighted by atomic mass is 16.5. The summed E-state index contributed by atoms with van der Waals surface area (Å²) in [7, 11) is 0. The van der Waals surface area contributed by atoms with Gasteiger partial charge in [0.2, 0.25) is 5.91 Å². The lowest BCUT2D eigenvalue weighted by molar-refractivity contribution is -0.148. The van der Waals surface area contributed by atoms with Crippen molar-refractivity contribution in [1.29, 1.82) is 0 Å². The van der Waals surface area contributed by atoms with Crippen molar-refractivity contribution in [3.05, 3.63) is 30.1 Å². The van der Waals surface area contributed by atoms with Crippen molar-refractivity contribution < 1.29 is 14.3 Å². The summed E-state index contributed by atoms with van der Waals surface area (Å²) in [6, 6.07) is 8.20. The highest BCUT2D eigenvalue weighted by molar-refractivity contribution is 5.82. The topological polar surface area (TPSA) is 64.4 Å². The molecule has 2 aromatic rings. The minimum absolute atomic E-state index is 0.0219. The first-order chi connectivity index (χ1) is 13.5. The number of amides is 1. The molecule has 1 aromatic carbocycles. The fourth-order valence-corrected chi connectivity index (χ4v) is 4.65. The van der Waals surface area contributed by atoms with E-state index in [1.165, 1.54) is 19.3 Å². The predicted molar refractivity (Wildman–Crippen MR) is 107 cm³/mol. The number of para-hydroxylation sites is 2. The maximum Gasteiger partial charge on any atom is 0.326 e. The SMILES string of the molecule is CC(C)OC(=O)Cn1c(C2CC(=O)N(C3CCCCC3)C2)nc2ccccc21. The molecule has 6 nitrogen and oxygen atoms in total. The van der Waals surface area contributed by atoms with Gasteiger partial charge in [0.15, 0.2) is 0 Å². The Bertz CT molecular complexity index is 867. The summed E-state index contributed by atoms with van der Waals surface area (Å²) in [6.45, 7) is 4.53. The first kappa shape index (κ1) is 19.0. The van der Waals surface area contributed by atoms with Crippen LogP contribution in [0.3, 0.4) is 0 Å². The molecule has 1 aliphatic heterocycles. The summed E-state index contributed by atoms with van der Waals surface area (Å²) in [5.41, 5.74) is 1.78. The lowest BCUT2D eigenvalue weighted by Gasteiger charge is -2.31. The van der Waals surface area contributed by atoms with Crippen LogP contribution >= 0.6 is 0 Å². The molecule has 1 saturated heterocycles. The number of fused-ring (bicyclic) bond motifs is 1. The van der Waals surface area contributed by atoms with Crippen LogP contribution in [0.2, 0.25) is 0 Å². The summed E-state index contributed by atoms with van der Waals surface area (Å²) in [5, 5.41) is 0. The van der Waals surface area contributed by atoms with Crippen molar-refractivity contribution in [1.82, 2.24) is 14.5 Å². The number of benzene rings is 1. The van der Waals surface area contributed by atoms with Crippen molar-refractivity contribution in [2.24, 2.45) is 0 Å². The lowest BCUT2D eigenvalue weighted by atomic mass is 9.94. The van der Waals surface area contributed by atoms with E-state index in [2.05, 4.69) is 4.90 Å². The van der Waals surface area contributed by atoms with E-state index in [0.29, 0.717) is 19.0 Å². The van der Waals surface area contributed by atoms with E-state index < -0.39 is 0 Å². The van der Waals surface area contributed by atoms with Gasteiger partial charge in [-0.05, 0) is 38.8 Å². The molecular weight excluding hydrogens is 354 g/mol. The molecule has 28 heavy (non-hydrogen) atoms. The summed E-state index contributed by atoms with van der Waals surface area (Å²) >= 11 is 0. The molecule has 1 unspecified atom stereocenters. The lowest BCUT2D eigenvalue weighted by Crippen LogP contribution is -2.37. The van der Waals surface area contributed by atoms with E-state index in [1.54, 1.807) is 0 Å². The van der Waals surface area contributed by atoms with Gasteiger partial charge < -0.3 is 14.2 Å². The molecule has 2 fully saturated rings. The summed E-state index contributed by atoms with van der Waals surface area (Å²) in [4.78, 5) is 32.0. The number of imidazole rings is 1. The van der Waals surface area contributed by atoms with Gasteiger partial charge in [-0.1, -0.05) is 31.4 Å². The van der Waals surface area contributed by atoms with Crippen LogP contribution in [0, 0.1) is 0 Å². The third-order valence-corrected chi connectivity index (χ3v) is 5.88. The Morgan fingerprint density at radius 2 is 1.96 bits per heavy atom. The number of hydrogen-bond acceptors (Lipinski definition) is 4. The highest BCUT2D eigenvalue weighted by Crippen LogP contribution is 2.34. The van der Waals surface area contributed by atoms with Crippen LogP contribution in [0.15, 0.2) is 24.3 Å². The monoisotopic (exact) mass is 383 g/mol. The van der Waals surface area contributed by atoms with Gasteiger partial charge >= 0.3 is 5.97 Å². The molecule has 1 amide bonds. The molecule has 0 spiro atoms. The number of hydrogen-bond donors (Lipinski definition) is 0. The Labute approximate surface area is 165 Å². The summed E-state index contributed by atoms with van der Waals surface area (Å²) < 4.78 is 7.31. The van der Waals surface area contributed by atoms with Gasteiger partial charge in [-0.2, -0.15) is 0 Å². The smallest absolute Gasteiger partial charge is 0.326 e. The minimum atomic E-state index is -0.270. The number of carbonyl (C=O) groups excluding carboxylic acids is 2. The minimum Gasteiger partial charge on any atom is -0.462 e. The number of nitrogens with zero attached hydrogens (tertiary/aromatic N) is 3. The van der Waals surface area contributed by atoms with Crippen LogP contribution in [0.5, 0.6) is 0 Å². The molecule has 0 N–H and O–H groups in total. The molecule has 1 aromatic heterocycles. The van der Waals surface area contributed by atoms with E-state index in [4.69, 9.17) is 9.72 Å². The van der Waals surface area contributed by atoms with Gasteiger partial charge in [-0.15, -0.1) is 0 Å². The number of likely N-dealkylation sites (tertiary alicyclic amines) is 1. The molecule has 150 valence electrons. The van der Waals surface area contributed by atoms with E-state index in [1.807, 2.05) is 42.7 Å². The highest BCUT2D eigenvalue weighted by Gasteiger charge is 2.38. The zero-order chi connectivity index (χ0) is 19.7. The first-order valence-electron chi connectivity index (χ1n) is 10.5. The van der Waals surface area contributed by atoms with Crippen molar-refractivity contribution >= 4 is 22.9 Å². The van der Waals surface area contributed by atoms with Crippen molar-refractivity contribution in [2.45, 2.75) is 77.0 Å².